The molecule has 1 rings (SSSR count). The second-order valence-corrected chi connectivity index (χ2v) is 1.91. The number of nitrogens with one attached hydrogen (secondary N) is 1. The number of halogens is 1. The maximum Gasteiger partial charge on any atom is 0.199 e. The van der Waals surface area contributed by atoms with E-state index in [9.17, 15) is 0 Å². The van der Waals surface area contributed by atoms with Gasteiger partial charge in [0.15, 0.2) is 12.4 Å². The highest BCUT2D eigenvalue weighted by atomic mass is 35.5. The third-order valence-corrected chi connectivity index (χ3v) is 1.12. The Balaban J connectivity index is 0.000001000. The number of nitrogens with zero attached hydrogens (tertiary/aromatic N) is 1. The van der Waals surface area contributed by atoms with Crippen LogP contribution in [0, 0.1) is 0 Å². The monoisotopic (exact) mass is 174 g/mol. The van der Waals surface area contributed by atoms with Gasteiger partial charge in [-0.1, -0.05) is 10.7 Å². The topological polar surface area (TPSA) is 36.1 Å². The van der Waals surface area contributed by atoms with Crippen molar-refractivity contribution in [2.75, 3.05) is 18.6 Å². The van der Waals surface area contributed by atoms with Gasteiger partial charge in [-0.3, -0.25) is 0 Å². The standard InChI is InChI=1S/C7H11N2O.ClH/c10-7-4-8-9-5-2-1-3-6-9;/h1-3,5-6,8,10H,4,7H2;1H/q+1;/p-1. The molecule has 0 aromatic carbocycles. The van der Waals surface area contributed by atoms with Gasteiger partial charge in [-0.25, -0.2) is 0 Å². The number of hydrogen-bond donors (Lipinski definition) is 2. The molecule has 0 saturated carbocycles. The van der Waals surface area contributed by atoms with Crippen LogP contribution < -0.4 is 22.5 Å². The van der Waals surface area contributed by atoms with Crippen molar-refractivity contribution >= 4 is 0 Å². The van der Waals surface area contributed by atoms with E-state index < -0.39 is 0 Å². The van der Waals surface area contributed by atoms with Gasteiger partial charge < -0.3 is 17.5 Å². The maximum absolute atomic E-state index is 8.45. The van der Waals surface area contributed by atoms with Crippen molar-refractivity contribution in [1.29, 1.82) is 0 Å². The highest BCUT2D eigenvalue weighted by Crippen LogP contribution is 1.73. The van der Waals surface area contributed by atoms with Crippen LogP contribution in [0.1, 0.15) is 0 Å². The first-order chi connectivity index (χ1) is 4.93. The summed E-state index contributed by atoms with van der Waals surface area (Å²) in [6, 6.07) is 5.78. The molecule has 0 aliphatic rings. The molecule has 0 amide bonds. The highest BCUT2D eigenvalue weighted by Gasteiger charge is 1.91. The molecular formula is C7H11ClN2O. The van der Waals surface area contributed by atoms with E-state index in [0.717, 1.165) is 0 Å². The first-order valence-electron chi connectivity index (χ1n) is 3.24. The van der Waals surface area contributed by atoms with E-state index >= 15 is 0 Å². The number of hydrogen-bond acceptors (Lipinski definition) is 2. The number of pyridine rings is 1. The molecule has 0 spiro atoms. The van der Waals surface area contributed by atoms with Crippen molar-refractivity contribution in [2.45, 2.75) is 0 Å². The first-order valence-corrected chi connectivity index (χ1v) is 3.24. The van der Waals surface area contributed by atoms with Gasteiger partial charge in [0, 0.05) is 12.1 Å². The molecule has 1 aromatic rings. The molecule has 11 heavy (non-hydrogen) atoms. The maximum atomic E-state index is 8.45. The molecular weight excluding hydrogens is 164 g/mol. The van der Waals surface area contributed by atoms with Gasteiger partial charge in [0.25, 0.3) is 0 Å². The molecule has 2 N–H and O–H groups in total. The van der Waals surface area contributed by atoms with E-state index in [2.05, 4.69) is 5.43 Å². The normalized spacial score (nSPS) is 8.45. The van der Waals surface area contributed by atoms with Crippen LogP contribution in [0.2, 0.25) is 0 Å². The smallest absolute Gasteiger partial charge is 0.199 e. The Hall–Kier alpha value is -0.800. The zero-order valence-electron chi connectivity index (χ0n) is 6.07. The molecule has 0 fully saturated rings. The van der Waals surface area contributed by atoms with Crippen LogP contribution in [0.5, 0.6) is 0 Å². The molecule has 0 unspecified atom stereocenters. The summed E-state index contributed by atoms with van der Waals surface area (Å²) in [4.78, 5) is 0. The lowest BCUT2D eigenvalue weighted by molar-refractivity contribution is -0.650. The molecule has 1 aromatic heterocycles. The summed E-state index contributed by atoms with van der Waals surface area (Å²) >= 11 is 0. The van der Waals surface area contributed by atoms with Crippen molar-refractivity contribution in [3.8, 4) is 0 Å². The number of aromatic nitrogens is 1. The fraction of sp³-hybridized carbons (Fsp3) is 0.286. The second kappa shape index (κ2) is 5.95. The van der Waals surface area contributed by atoms with E-state index in [-0.39, 0.29) is 19.0 Å². The number of aliphatic hydroxyl groups is 1. The Bertz CT molecular complexity index is 181. The summed E-state index contributed by atoms with van der Waals surface area (Å²) in [5, 5.41) is 8.45. The van der Waals surface area contributed by atoms with Crippen molar-refractivity contribution in [2.24, 2.45) is 0 Å². The summed E-state index contributed by atoms with van der Waals surface area (Å²) in [6.07, 6.45) is 3.77. The first kappa shape index (κ1) is 10.2. The third kappa shape index (κ3) is 3.80. The van der Waals surface area contributed by atoms with Gasteiger partial charge >= 0.3 is 0 Å². The van der Waals surface area contributed by atoms with E-state index in [0.29, 0.717) is 6.54 Å². The van der Waals surface area contributed by atoms with E-state index in [1.165, 1.54) is 0 Å². The summed E-state index contributed by atoms with van der Waals surface area (Å²) in [5.74, 6) is 0. The third-order valence-electron chi connectivity index (χ3n) is 1.12. The predicted molar refractivity (Wildman–Crippen MR) is 38.0 cm³/mol. The fourth-order valence-corrected chi connectivity index (χ4v) is 0.683. The van der Waals surface area contributed by atoms with Crippen LogP contribution in [0.15, 0.2) is 30.6 Å². The molecule has 1 heterocycles. The molecule has 3 nitrogen and oxygen atoms in total. The Kier molecular flexibility index (Phi) is 5.51. The van der Waals surface area contributed by atoms with E-state index in [4.69, 9.17) is 5.11 Å². The summed E-state index contributed by atoms with van der Waals surface area (Å²) in [6.45, 7) is 0.733. The summed E-state index contributed by atoms with van der Waals surface area (Å²) in [7, 11) is 0. The molecule has 0 bridgehead atoms. The zero-order chi connectivity index (χ0) is 7.23. The fourth-order valence-electron chi connectivity index (χ4n) is 0.683. The van der Waals surface area contributed by atoms with Crippen LogP contribution >= 0.6 is 0 Å². The summed E-state index contributed by atoms with van der Waals surface area (Å²) < 4.78 is 1.80. The lowest BCUT2D eigenvalue weighted by atomic mass is 10.5. The van der Waals surface area contributed by atoms with Crippen molar-refractivity contribution in [3.63, 3.8) is 0 Å². The van der Waals surface area contributed by atoms with Crippen LogP contribution in [0.3, 0.4) is 0 Å². The Labute approximate surface area is 72.1 Å². The Morgan fingerprint density at radius 3 is 2.36 bits per heavy atom. The van der Waals surface area contributed by atoms with Crippen LogP contribution in [0.4, 0.5) is 0 Å². The van der Waals surface area contributed by atoms with Crippen molar-refractivity contribution in [1.82, 2.24) is 0 Å². The Morgan fingerprint density at radius 1 is 1.18 bits per heavy atom. The van der Waals surface area contributed by atoms with Crippen LogP contribution in [-0.4, -0.2) is 18.3 Å². The van der Waals surface area contributed by atoms with Gasteiger partial charge in [0.05, 0.1) is 13.2 Å². The SMILES string of the molecule is OCCN[n+]1ccccc1.[Cl-]. The minimum Gasteiger partial charge on any atom is -1.00 e. The average Bonchev–Trinajstić information content (AvgIpc) is 2.03. The molecule has 4 heteroatoms. The molecule has 62 valence electrons. The van der Waals surface area contributed by atoms with E-state index in [1.54, 1.807) is 4.68 Å². The molecule has 0 aliphatic carbocycles. The van der Waals surface area contributed by atoms with Gasteiger partial charge in [0.1, 0.15) is 0 Å². The molecule has 0 radical (unpaired) electrons. The largest absolute Gasteiger partial charge is 1.00 e. The van der Waals surface area contributed by atoms with Crippen molar-refractivity contribution in [3.05, 3.63) is 30.6 Å². The lowest BCUT2D eigenvalue weighted by Crippen LogP contribution is -3.00. The van der Waals surface area contributed by atoms with Gasteiger partial charge in [-0.05, 0) is 0 Å². The minimum absolute atomic E-state index is 0. The lowest BCUT2D eigenvalue weighted by Gasteiger charge is -1.94. The molecule has 0 atom stereocenters. The average molecular weight is 175 g/mol. The van der Waals surface area contributed by atoms with Gasteiger partial charge in [-0.2, -0.15) is 5.43 Å². The predicted octanol–water partition coefficient (Wildman–Crippen LogP) is -3.49. The van der Waals surface area contributed by atoms with E-state index in [1.807, 2.05) is 30.6 Å². The summed E-state index contributed by atoms with van der Waals surface area (Å²) in [5.41, 5.74) is 2.96. The van der Waals surface area contributed by atoms with Crippen LogP contribution in [-0.2, 0) is 0 Å². The molecule has 0 aliphatic heterocycles. The van der Waals surface area contributed by atoms with Crippen LogP contribution in [0.25, 0.3) is 0 Å². The zero-order valence-corrected chi connectivity index (χ0v) is 6.83. The second-order valence-electron chi connectivity index (χ2n) is 1.91. The molecule has 0 saturated heterocycles. The van der Waals surface area contributed by atoms with Gasteiger partial charge in [-0.15, -0.1) is 0 Å². The Morgan fingerprint density at radius 2 is 1.82 bits per heavy atom. The number of rotatable bonds is 3. The number of aliphatic hydroxyl groups excluding tert-OH is 1. The highest BCUT2D eigenvalue weighted by molar-refractivity contribution is 4.84. The minimum atomic E-state index is 0. The quantitative estimate of drug-likeness (QED) is 0.467. The van der Waals surface area contributed by atoms with Gasteiger partial charge in [0.2, 0.25) is 0 Å². The van der Waals surface area contributed by atoms with Crippen molar-refractivity contribution < 1.29 is 22.2 Å².